The fourth-order valence-electron chi connectivity index (χ4n) is 3.08. The first-order chi connectivity index (χ1) is 14.1. The van der Waals surface area contributed by atoms with E-state index in [4.69, 9.17) is 4.74 Å². The minimum Gasteiger partial charge on any atom is -0.443 e. The number of amides is 1. The van der Waals surface area contributed by atoms with Crippen LogP contribution in [0.5, 0.6) is 0 Å². The number of rotatable bonds is 5. The average Bonchev–Trinajstić information content (AvgIpc) is 2.97. The normalized spacial score (nSPS) is 13.6. The molecule has 8 nitrogen and oxygen atoms in total. The highest BCUT2D eigenvalue weighted by atomic mass is 79.9. The average molecular weight is 516 g/mol. The van der Waals surface area contributed by atoms with Crippen molar-refractivity contribution in [2.75, 3.05) is 14.1 Å². The third kappa shape index (κ3) is 5.30. The summed E-state index contributed by atoms with van der Waals surface area (Å²) < 4.78 is 35.5. The smallest absolute Gasteiger partial charge is 0.425 e. The summed E-state index contributed by atoms with van der Waals surface area (Å²) in [5.41, 5.74) is 0.262. The number of carbonyl (C=O) groups excluding carboxylic acids is 2. The van der Waals surface area contributed by atoms with Gasteiger partial charge in [0.2, 0.25) is 5.91 Å². The predicted octanol–water partition coefficient (Wildman–Crippen LogP) is 4.80. The fourth-order valence-corrected chi connectivity index (χ4v) is 4.52. The van der Waals surface area contributed by atoms with Gasteiger partial charge in [0.15, 0.2) is 0 Å². The van der Waals surface area contributed by atoms with Crippen LogP contribution in [0.4, 0.5) is 4.79 Å². The van der Waals surface area contributed by atoms with E-state index in [1.807, 2.05) is 0 Å². The third-order valence-electron chi connectivity index (χ3n) is 4.62. The number of nitrogens with zero attached hydrogens (tertiary/aromatic N) is 3. The molecule has 0 aliphatic heterocycles. The molecule has 0 saturated carbocycles. The lowest BCUT2D eigenvalue weighted by Crippen LogP contribution is -2.47. The van der Waals surface area contributed by atoms with Gasteiger partial charge in [-0.3, -0.25) is 9.36 Å². The van der Waals surface area contributed by atoms with Gasteiger partial charge in [-0.05, 0) is 39.8 Å². The number of fused-ring (bicyclic) bond motifs is 1. The van der Waals surface area contributed by atoms with Crippen molar-refractivity contribution in [1.29, 1.82) is 0 Å². The Bertz CT molecular complexity index is 1100. The number of ether oxygens (including phenoxy) is 1. The first kappa shape index (κ1) is 25.4. The summed E-state index contributed by atoms with van der Waals surface area (Å²) in [7, 11) is -1.47. The molecule has 0 spiro atoms. The molecule has 0 aliphatic carbocycles. The van der Waals surface area contributed by atoms with Gasteiger partial charge in [0.05, 0.1) is 11.6 Å². The first-order valence-electron chi connectivity index (χ1n) is 9.87. The van der Waals surface area contributed by atoms with Crippen LogP contribution < -0.4 is 0 Å². The molecule has 1 atom stereocenters. The van der Waals surface area contributed by atoms with Crippen molar-refractivity contribution in [3.05, 3.63) is 34.4 Å². The maximum absolute atomic E-state index is 13.1. The molecule has 2 aromatic rings. The number of carbonyl (C=O) groups is 2. The molecule has 1 heterocycles. The molecule has 1 unspecified atom stereocenters. The first-order valence-corrected chi connectivity index (χ1v) is 12.1. The van der Waals surface area contributed by atoms with E-state index >= 15 is 0 Å². The Labute approximate surface area is 192 Å². The van der Waals surface area contributed by atoms with E-state index < -0.39 is 27.9 Å². The second-order valence-electron chi connectivity index (χ2n) is 8.85. The Morgan fingerprint density at radius 2 is 1.71 bits per heavy atom. The number of benzene rings is 1. The highest BCUT2D eigenvalue weighted by Crippen LogP contribution is 2.34. The van der Waals surface area contributed by atoms with Gasteiger partial charge < -0.3 is 4.74 Å². The fraction of sp³-hybridized carbons (Fsp3) is 0.524. The zero-order chi connectivity index (χ0) is 23.9. The van der Waals surface area contributed by atoms with E-state index in [1.54, 1.807) is 65.9 Å². The Morgan fingerprint density at radius 3 is 2.19 bits per heavy atom. The van der Waals surface area contributed by atoms with E-state index in [1.165, 1.54) is 18.7 Å². The molecule has 2 rings (SSSR count). The highest BCUT2D eigenvalue weighted by molar-refractivity contribution is 9.10. The summed E-state index contributed by atoms with van der Waals surface area (Å²) >= 11 is 3.42. The van der Waals surface area contributed by atoms with Crippen LogP contribution in [0.3, 0.4) is 0 Å². The lowest BCUT2D eigenvalue weighted by Gasteiger charge is -2.32. The number of aromatic nitrogens is 1. The molecule has 172 valence electrons. The van der Waals surface area contributed by atoms with Crippen molar-refractivity contribution in [2.45, 2.75) is 53.2 Å². The standard InChI is InChI=1S/C21H30BrN3O5S/c1-13(2)19(26)24-12-17(16-10-9-15(22)11-18(16)24)14(3)25(31(28,29)23(7)8)20(27)30-21(4,5)6/h9-14H,1-8H3. The SMILES string of the molecule is CC(C)C(=O)n1cc(C(C)N(C(=O)OC(C)(C)C)S(=O)(=O)N(C)C)c2ccc(Br)cc21. The monoisotopic (exact) mass is 515 g/mol. The zero-order valence-corrected chi connectivity index (χ0v) is 21.5. The molecule has 31 heavy (non-hydrogen) atoms. The molecule has 1 aromatic carbocycles. The molecule has 10 heteroatoms. The number of hydrogen-bond acceptors (Lipinski definition) is 5. The third-order valence-corrected chi connectivity index (χ3v) is 6.99. The summed E-state index contributed by atoms with van der Waals surface area (Å²) in [6.07, 6.45) is 0.619. The predicted molar refractivity (Wildman–Crippen MR) is 124 cm³/mol. The van der Waals surface area contributed by atoms with Gasteiger partial charge in [0.25, 0.3) is 0 Å². The molecule has 0 N–H and O–H groups in total. The van der Waals surface area contributed by atoms with Crippen LogP contribution in [0, 0.1) is 5.92 Å². The van der Waals surface area contributed by atoms with Gasteiger partial charge in [-0.1, -0.05) is 35.8 Å². The Morgan fingerprint density at radius 1 is 1.13 bits per heavy atom. The van der Waals surface area contributed by atoms with Crippen LogP contribution in [0.25, 0.3) is 10.9 Å². The topological polar surface area (TPSA) is 88.9 Å². The lowest BCUT2D eigenvalue weighted by molar-refractivity contribution is 0.0339. The lowest BCUT2D eigenvalue weighted by atomic mass is 10.1. The number of hydrogen-bond donors (Lipinski definition) is 0. The Hall–Kier alpha value is -1.91. The van der Waals surface area contributed by atoms with E-state index in [0.717, 1.165) is 13.1 Å². The van der Waals surface area contributed by atoms with Crippen LogP contribution in [-0.2, 0) is 14.9 Å². The summed E-state index contributed by atoms with van der Waals surface area (Å²) in [4.78, 5) is 25.8. The van der Waals surface area contributed by atoms with E-state index in [-0.39, 0.29) is 11.8 Å². The second-order valence-corrected chi connectivity index (χ2v) is 11.8. The summed E-state index contributed by atoms with van der Waals surface area (Å²) in [5, 5.41) is 0.673. The minimum atomic E-state index is -4.17. The number of halogens is 1. The van der Waals surface area contributed by atoms with Crippen molar-refractivity contribution >= 4 is 49.0 Å². The van der Waals surface area contributed by atoms with Crippen LogP contribution in [0.2, 0.25) is 0 Å². The van der Waals surface area contributed by atoms with Gasteiger partial charge in [0, 0.05) is 41.6 Å². The molecule has 0 bridgehead atoms. The zero-order valence-electron chi connectivity index (χ0n) is 19.1. The molecular weight excluding hydrogens is 486 g/mol. The molecule has 0 fully saturated rings. The summed E-state index contributed by atoms with van der Waals surface area (Å²) in [5.74, 6) is -0.411. The van der Waals surface area contributed by atoms with E-state index in [2.05, 4.69) is 15.9 Å². The Kier molecular flexibility index (Phi) is 7.29. The maximum atomic E-state index is 13.1. The van der Waals surface area contributed by atoms with Crippen LogP contribution in [0.1, 0.15) is 57.9 Å². The minimum absolute atomic E-state index is 0.138. The van der Waals surface area contributed by atoms with Gasteiger partial charge in [-0.2, -0.15) is 17.0 Å². The van der Waals surface area contributed by atoms with Crippen molar-refractivity contribution in [2.24, 2.45) is 5.92 Å². The molecule has 0 radical (unpaired) electrons. The van der Waals surface area contributed by atoms with Crippen molar-refractivity contribution in [1.82, 2.24) is 13.2 Å². The second kappa shape index (κ2) is 8.91. The van der Waals surface area contributed by atoms with Gasteiger partial charge in [0.1, 0.15) is 5.60 Å². The van der Waals surface area contributed by atoms with Gasteiger partial charge >= 0.3 is 16.3 Å². The maximum Gasteiger partial charge on any atom is 0.425 e. The van der Waals surface area contributed by atoms with Crippen molar-refractivity contribution in [3.63, 3.8) is 0 Å². The quantitative estimate of drug-likeness (QED) is 0.570. The van der Waals surface area contributed by atoms with Crippen LogP contribution in [0.15, 0.2) is 28.9 Å². The highest BCUT2D eigenvalue weighted by Gasteiger charge is 2.39. The van der Waals surface area contributed by atoms with E-state index in [0.29, 0.717) is 16.5 Å². The molecule has 0 aliphatic rings. The van der Waals surface area contributed by atoms with E-state index in [9.17, 15) is 18.0 Å². The van der Waals surface area contributed by atoms with Crippen LogP contribution in [-0.4, -0.2) is 53.3 Å². The van der Waals surface area contributed by atoms with Crippen molar-refractivity contribution in [3.8, 4) is 0 Å². The van der Waals surface area contributed by atoms with Gasteiger partial charge in [-0.15, -0.1) is 0 Å². The van der Waals surface area contributed by atoms with Gasteiger partial charge in [-0.25, -0.2) is 4.79 Å². The molecule has 1 aromatic heterocycles. The molecular formula is C21H30BrN3O5S. The largest absolute Gasteiger partial charge is 0.443 e. The summed E-state index contributed by atoms with van der Waals surface area (Å²) in [6.45, 7) is 10.2. The van der Waals surface area contributed by atoms with Crippen LogP contribution >= 0.6 is 15.9 Å². The summed E-state index contributed by atoms with van der Waals surface area (Å²) in [6, 6.07) is 4.47. The molecule has 0 saturated heterocycles. The Balaban J connectivity index is 2.73. The van der Waals surface area contributed by atoms with Crippen molar-refractivity contribution < 1.29 is 22.7 Å². The molecule has 1 amide bonds.